The lowest BCUT2D eigenvalue weighted by Gasteiger charge is -2.04. The van der Waals surface area contributed by atoms with Crippen LogP contribution in [0.1, 0.15) is 16.1 Å². The van der Waals surface area contributed by atoms with Crippen molar-refractivity contribution in [3.05, 3.63) is 69.7 Å². The number of thiazole rings is 1. The lowest BCUT2D eigenvalue weighted by atomic mass is 10.1. The monoisotopic (exact) mass is 396 g/mol. The van der Waals surface area contributed by atoms with Crippen molar-refractivity contribution in [3.63, 3.8) is 0 Å². The first-order valence-electron chi connectivity index (χ1n) is 7.97. The molecule has 6 nitrogen and oxygen atoms in total. The summed E-state index contributed by atoms with van der Waals surface area (Å²) in [6.07, 6.45) is 3.15. The van der Waals surface area contributed by atoms with Crippen LogP contribution in [0.3, 0.4) is 0 Å². The average Bonchev–Trinajstić information content (AvgIpc) is 2.97. The number of phenolic OH excluding ortho intramolecular Hbond substituents is 1. The van der Waals surface area contributed by atoms with Gasteiger partial charge in [0.15, 0.2) is 5.13 Å². The van der Waals surface area contributed by atoms with Gasteiger partial charge in [0.2, 0.25) is 0 Å². The topological polar surface area (TPSA) is 86.6 Å². The summed E-state index contributed by atoms with van der Waals surface area (Å²) in [5, 5.41) is 18.4. The highest BCUT2D eigenvalue weighted by Gasteiger charge is 2.23. The zero-order chi connectivity index (χ0) is 18.8. The molecule has 1 aliphatic heterocycles. The lowest BCUT2D eigenvalue weighted by Crippen LogP contribution is -2.17. The molecule has 3 aromatic rings. The number of hydrogen-bond donors (Lipinski definition) is 3. The summed E-state index contributed by atoms with van der Waals surface area (Å²) in [5.41, 5.74) is 4.58. The fourth-order valence-corrected chi connectivity index (χ4v) is 3.63. The van der Waals surface area contributed by atoms with E-state index in [-0.39, 0.29) is 5.75 Å². The second-order valence-corrected chi connectivity index (χ2v) is 7.15. The number of rotatable bonds is 3. The van der Waals surface area contributed by atoms with E-state index in [4.69, 9.17) is 11.6 Å². The summed E-state index contributed by atoms with van der Waals surface area (Å²) in [5.74, 6) is -0.315. The largest absolute Gasteiger partial charge is 0.507 e. The second-order valence-electron chi connectivity index (χ2n) is 5.68. The van der Waals surface area contributed by atoms with Crippen LogP contribution in [0, 0.1) is 0 Å². The van der Waals surface area contributed by atoms with E-state index in [1.807, 2.05) is 12.1 Å². The summed E-state index contributed by atoms with van der Waals surface area (Å²) >= 11 is 7.38. The van der Waals surface area contributed by atoms with Crippen molar-refractivity contribution in [1.82, 2.24) is 10.4 Å². The lowest BCUT2D eigenvalue weighted by molar-refractivity contribution is -0.115. The molecule has 2 aromatic carbocycles. The van der Waals surface area contributed by atoms with Gasteiger partial charge in [-0.15, -0.1) is 0 Å². The Labute approximate surface area is 163 Å². The molecule has 0 radical (unpaired) electrons. The summed E-state index contributed by atoms with van der Waals surface area (Å²) in [7, 11) is 0. The van der Waals surface area contributed by atoms with Gasteiger partial charge in [0, 0.05) is 16.3 Å². The number of nitrogens with zero attached hydrogens (tertiary/aromatic N) is 2. The van der Waals surface area contributed by atoms with E-state index >= 15 is 0 Å². The smallest absolute Gasteiger partial charge is 0.273 e. The van der Waals surface area contributed by atoms with E-state index in [0.29, 0.717) is 27.0 Å². The Bertz CT molecular complexity index is 1090. The standard InChI is InChI=1S/C19H13ClN4O2S/c20-12-5-3-6-13(9-12)22-19-23-17-14(8-11-4-1-2-7-15(11)25)18(26)24-21-10-16(17)27-19/h1-10,25H,(H,22,23)(H,24,26)/b14-8-. The number of phenols is 1. The van der Waals surface area contributed by atoms with Crippen LogP contribution < -0.4 is 10.7 Å². The number of fused-ring (bicyclic) bond motifs is 1. The van der Waals surface area contributed by atoms with Gasteiger partial charge in [0.25, 0.3) is 5.91 Å². The maximum absolute atomic E-state index is 12.5. The van der Waals surface area contributed by atoms with E-state index in [9.17, 15) is 9.90 Å². The third-order valence-electron chi connectivity index (χ3n) is 3.81. The van der Waals surface area contributed by atoms with Gasteiger partial charge in [-0.3, -0.25) is 4.79 Å². The van der Waals surface area contributed by atoms with Crippen LogP contribution in [0.5, 0.6) is 5.75 Å². The molecule has 27 heavy (non-hydrogen) atoms. The van der Waals surface area contributed by atoms with Crippen molar-refractivity contribution in [3.8, 4) is 5.75 Å². The highest BCUT2D eigenvalue weighted by Crippen LogP contribution is 2.32. The number of hydrazone groups is 1. The summed E-state index contributed by atoms with van der Waals surface area (Å²) in [4.78, 5) is 17.7. The van der Waals surface area contributed by atoms with Gasteiger partial charge in [-0.05, 0) is 30.3 Å². The van der Waals surface area contributed by atoms with Crippen LogP contribution in [0.4, 0.5) is 10.8 Å². The zero-order valence-electron chi connectivity index (χ0n) is 13.8. The minimum atomic E-state index is -0.396. The Kier molecular flexibility index (Phi) is 4.62. The summed E-state index contributed by atoms with van der Waals surface area (Å²) in [6, 6.07) is 14.1. The van der Waals surface area contributed by atoms with Gasteiger partial charge < -0.3 is 10.4 Å². The van der Waals surface area contributed by atoms with E-state index in [2.05, 4.69) is 20.8 Å². The van der Waals surface area contributed by atoms with Crippen LogP contribution in [-0.2, 0) is 4.79 Å². The van der Waals surface area contributed by atoms with Crippen LogP contribution in [0.15, 0.2) is 53.6 Å². The number of benzene rings is 2. The molecule has 1 amide bonds. The van der Waals surface area contributed by atoms with Crippen LogP contribution in [0.25, 0.3) is 11.6 Å². The highest BCUT2D eigenvalue weighted by atomic mass is 35.5. The molecule has 0 saturated carbocycles. The average molecular weight is 397 g/mol. The van der Waals surface area contributed by atoms with Gasteiger partial charge in [0.1, 0.15) is 5.75 Å². The molecule has 1 aromatic heterocycles. The fraction of sp³-hybridized carbons (Fsp3) is 0. The summed E-state index contributed by atoms with van der Waals surface area (Å²) < 4.78 is 0. The third-order valence-corrected chi connectivity index (χ3v) is 4.95. The van der Waals surface area contributed by atoms with Gasteiger partial charge in [-0.2, -0.15) is 5.10 Å². The number of aromatic nitrogens is 1. The van der Waals surface area contributed by atoms with Crippen LogP contribution >= 0.6 is 22.9 Å². The first-order chi connectivity index (χ1) is 13.1. The Morgan fingerprint density at radius 2 is 2.04 bits per heavy atom. The van der Waals surface area contributed by atoms with Gasteiger partial charge in [0.05, 0.1) is 22.4 Å². The molecule has 0 saturated heterocycles. The molecule has 4 rings (SSSR count). The normalized spacial score (nSPS) is 14.6. The molecule has 0 spiro atoms. The van der Waals surface area contributed by atoms with Gasteiger partial charge in [-0.1, -0.05) is 47.2 Å². The number of para-hydroxylation sites is 1. The van der Waals surface area contributed by atoms with E-state index in [1.165, 1.54) is 11.3 Å². The van der Waals surface area contributed by atoms with E-state index in [0.717, 1.165) is 10.6 Å². The maximum atomic E-state index is 12.5. The summed E-state index contributed by atoms with van der Waals surface area (Å²) in [6.45, 7) is 0. The first kappa shape index (κ1) is 17.3. The van der Waals surface area contributed by atoms with Crippen molar-refractivity contribution in [1.29, 1.82) is 0 Å². The predicted octanol–water partition coefficient (Wildman–Crippen LogP) is 4.25. The molecule has 0 unspecified atom stereocenters. The Morgan fingerprint density at radius 3 is 2.85 bits per heavy atom. The quantitative estimate of drug-likeness (QED) is 0.577. The molecule has 0 bridgehead atoms. The molecule has 2 heterocycles. The van der Waals surface area contributed by atoms with E-state index < -0.39 is 5.91 Å². The number of halogens is 1. The fourth-order valence-electron chi connectivity index (χ4n) is 2.57. The van der Waals surface area contributed by atoms with Crippen molar-refractivity contribution in [2.75, 3.05) is 5.32 Å². The van der Waals surface area contributed by atoms with Crippen molar-refractivity contribution in [2.24, 2.45) is 5.10 Å². The number of carbonyl (C=O) groups excluding carboxylic acids is 1. The molecule has 134 valence electrons. The maximum Gasteiger partial charge on any atom is 0.273 e. The van der Waals surface area contributed by atoms with Crippen molar-refractivity contribution in [2.45, 2.75) is 0 Å². The minimum Gasteiger partial charge on any atom is -0.507 e. The zero-order valence-corrected chi connectivity index (χ0v) is 15.4. The van der Waals surface area contributed by atoms with Crippen LogP contribution in [0.2, 0.25) is 5.02 Å². The minimum absolute atomic E-state index is 0.0806. The Morgan fingerprint density at radius 1 is 1.19 bits per heavy atom. The number of anilines is 2. The first-order valence-corrected chi connectivity index (χ1v) is 9.16. The van der Waals surface area contributed by atoms with Gasteiger partial charge >= 0.3 is 0 Å². The number of hydrogen-bond acceptors (Lipinski definition) is 6. The number of carbonyl (C=O) groups is 1. The molecular formula is C19H13ClN4O2S. The molecule has 3 N–H and O–H groups in total. The molecule has 0 aliphatic carbocycles. The number of amides is 1. The van der Waals surface area contributed by atoms with Crippen molar-refractivity contribution >= 4 is 57.5 Å². The Balaban J connectivity index is 1.75. The van der Waals surface area contributed by atoms with Crippen molar-refractivity contribution < 1.29 is 9.90 Å². The van der Waals surface area contributed by atoms with Gasteiger partial charge in [-0.25, -0.2) is 10.4 Å². The Hall–Kier alpha value is -3.16. The molecule has 0 atom stereocenters. The molecule has 1 aliphatic rings. The predicted molar refractivity (Wildman–Crippen MR) is 109 cm³/mol. The second kappa shape index (κ2) is 7.22. The molecule has 0 fully saturated rings. The third kappa shape index (κ3) is 3.69. The molecule has 8 heteroatoms. The van der Waals surface area contributed by atoms with E-state index in [1.54, 1.807) is 48.7 Å². The SMILES string of the molecule is O=C1NN=Cc2sc(Nc3cccc(Cl)c3)nc2/C1=C/c1ccccc1O. The number of nitrogens with one attached hydrogen (secondary N) is 2. The highest BCUT2D eigenvalue weighted by molar-refractivity contribution is 7.17. The van der Waals surface area contributed by atoms with Crippen LogP contribution in [-0.4, -0.2) is 22.2 Å². The number of aromatic hydroxyl groups is 1. The molecular weight excluding hydrogens is 384 g/mol.